The van der Waals surface area contributed by atoms with Gasteiger partial charge in [0.25, 0.3) is 5.91 Å². The van der Waals surface area contributed by atoms with Crippen LogP contribution in [-0.4, -0.2) is 23.7 Å². The zero-order chi connectivity index (χ0) is 17.6. The summed E-state index contributed by atoms with van der Waals surface area (Å²) in [6.45, 7) is 6.29. The van der Waals surface area contributed by atoms with Gasteiger partial charge in [-0.05, 0) is 37.0 Å². The molecule has 0 aliphatic heterocycles. The van der Waals surface area contributed by atoms with Gasteiger partial charge in [-0.15, -0.1) is 11.8 Å². The van der Waals surface area contributed by atoms with Gasteiger partial charge >= 0.3 is 0 Å². The molecule has 24 heavy (non-hydrogen) atoms. The Morgan fingerprint density at radius 1 is 1.29 bits per heavy atom. The number of hydrogen-bond acceptors (Lipinski definition) is 4. The SMILES string of the molecule is CC(O)CC(C)(C)CNC(=O)c1occc1CSc1ccccc1. The number of amides is 1. The molecular weight excluding hydrogens is 322 g/mol. The number of aliphatic hydroxyl groups is 1. The van der Waals surface area contributed by atoms with E-state index in [0.717, 1.165) is 10.5 Å². The second kappa shape index (κ2) is 8.40. The molecule has 130 valence electrons. The van der Waals surface area contributed by atoms with Crippen LogP contribution < -0.4 is 5.32 Å². The molecule has 0 aliphatic rings. The van der Waals surface area contributed by atoms with Crippen molar-refractivity contribution in [2.24, 2.45) is 5.41 Å². The van der Waals surface area contributed by atoms with E-state index >= 15 is 0 Å². The van der Waals surface area contributed by atoms with Gasteiger partial charge in [0.2, 0.25) is 0 Å². The van der Waals surface area contributed by atoms with Crippen LogP contribution in [-0.2, 0) is 5.75 Å². The van der Waals surface area contributed by atoms with Crippen LogP contribution in [0.4, 0.5) is 0 Å². The molecular formula is C19H25NO3S. The van der Waals surface area contributed by atoms with E-state index in [9.17, 15) is 9.90 Å². The molecule has 2 rings (SSSR count). The van der Waals surface area contributed by atoms with Crippen molar-refractivity contribution in [2.45, 2.75) is 43.9 Å². The van der Waals surface area contributed by atoms with E-state index in [1.807, 2.05) is 50.2 Å². The predicted molar refractivity (Wildman–Crippen MR) is 97.1 cm³/mol. The normalized spacial score (nSPS) is 12.8. The molecule has 0 saturated heterocycles. The molecule has 0 radical (unpaired) electrons. The van der Waals surface area contributed by atoms with Gasteiger partial charge in [-0.3, -0.25) is 4.79 Å². The summed E-state index contributed by atoms with van der Waals surface area (Å²) in [5.74, 6) is 0.842. The molecule has 0 bridgehead atoms. The quantitative estimate of drug-likeness (QED) is 0.706. The van der Waals surface area contributed by atoms with Gasteiger partial charge in [-0.1, -0.05) is 32.0 Å². The minimum atomic E-state index is -0.390. The lowest BCUT2D eigenvalue weighted by Gasteiger charge is -2.26. The minimum absolute atomic E-state index is 0.171. The van der Waals surface area contributed by atoms with Gasteiger partial charge in [-0.2, -0.15) is 0 Å². The maximum Gasteiger partial charge on any atom is 0.287 e. The van der Waals surface area contributed by atoms with Gasteiger partial charge in [0.15, 0.2) is 5.76 Å². The average molecular weight is 347 g/mol. The Bertz CT molecular complexity index is 650. The zero-order valence-corrected chi connectivity index (χ0v) is 15.2. The maximum absolute atomic E-state index is 12.4. The van der Waals surface area contributed by atoms with Crippen LogP contribution in [0.3, 0.4) is 0 Å². The van der Waals surface area contributed by atoms with E-state index in [1.165, 1.54) is 0 Å². The number of benzene rings is 1. The first kappa shape index (κ1) is 18.6. The summed E-state index contributed by atoms with van der Waals surface area (Å²) in [6.07, 6.45) is 1.79. The monoisotopic (exact) mass is 347 g/mol. The van der Waals surface area contributed by atoms with Gasteiger partial charge in [-0.25, -0.2) is 0 Å². The standard InChI is InChI=1S/C19H25NO3S/c1-14(21)11-19(2,3)13-20-18(22)17-15(9-10-23-17)12-24-16-7-5-4-6-8-16/h4-10,14,21H,11-13H2,1-3H3,(H,20,22). The van der Waals surface area contributed by atoms with Gasteiger partial charge < -0.3 is 14.8 Å². The molecule has 1 heterocycles. The fourth-order valence-corrected chi connectivity index (χ4v) is 3.50. The summed E-state index contributed by atoms with van der Waals surface area (Å²) < 4.78 is 5.39. The van der Waals surface area contributed by atoms with E-state index in [2.05, 4.69) is 5.32 Å². The molecule has 0 aliphatic carbocycles. The largest absolute Gasteiger partial charge is 0.459 e. The van der Waals surface area contributed by atoms with Crippen molar-refractivity contribution in [3.63, 3.8) is 0 Å². The Kier molecular flexibility index (Phi) is 6.52. The summed E-state index contributed by atoms with van der Waals surface area (Å²) in [4.78, 5) is 13.5. The summed E-state index contributed by atoms with van der Waals surface area (Å²) in [7, 11) is 0. The van der Waals surface area contributed by atoms with E-state index in [1.54, 1.807) is 24.9 Å². The Morgan fingerprint density at radius 2 is 2.00 bits per heavy atom. The van der Waals surface area contributed by atoms with Gasteiger partial charge in [0, 0.05) is 22.8 Å². The highest BCUT2D eigenvalue weighted by Gasteiger charge is 2.23. The van der Waals surface area contributed by atoms with Gasteiger partial charge in [0.1, 0.15) is 0 Å². The lowest BCUT2D eigenvalue weighted by molar-refractivity contribution is 0.0875. The van der Waals surface area contributed by atoms with E-state index in [0.29, 0.717) is 24.5 Å². The van der Waals surface area contributed by atoms with Crippen molar-refractivity contribution < 1.29 is 14.3 Å². The van der Waals surface area contributed by atoms with Crippen LogP contribution in [0.5, 0.6) is 0 Å². The third-order valence-corrected chi connectivity index (χ3v) is 4.73. The fourth-order valence-electron chi connectivity index (χ4n) is 2.60. The highest BCUT2D eigenvalue weighted by atomic mass is 32.2. The first-order chi connectivity index (χ1) is 11.4. The number of hydrogen-bond donors (Lipinski definition) is 2. The van der Waals surface area contributed by atoms with Crippen LogP contribution in [0, 0.1) is 5.41 Å². The number of carbonyl (C=O) groups excluding carboxylic acids is 1. The molecule has 1 aromatic carbocycles. The van der Waals surface area contributed by atoms with Crippen LogP contribution >= 0.6 is 11.8 Å². The van der Waals surface area contributed by atoms with Crippen LogP contribution in [0.1, 0.15) is 43.3 Å². The Balaban J connectivity index is 1.92. The summed E-state index contributed by atoms with van der Waals surface area (Å²) >= 11 is 1.67. The lowest BCUT2D eigenvalue weighted by Crippen LogP contribution is -2.35. The van der Waals surface area contributed by atoms with Crippen molar-refractivity contribution in [3.8, 4) is 0 Å². The van der Waals surface area contributed by atoms with Crippen molar-refractivity contribution in [3.05, 3.63) is 54.0 Å². The Labute approximate surface area is 147 Å². The van der Waals surface area contributed by atoms with Crippen molar-refractivity contribution in [1.82, 2.24) is 5.32 Å². The van der Waals surface area contributed by atoms with Crippen molar-refractivity contribution in [1.29, 1.82) is 0 Å². The smallest absolute Gasteiger partial charge is 0.287 e. The molecule has 0 saturated carbocycles. The molecule has 2 aromatic rings. The topological polar surface area (TPSA) is 62.5 Å². The van der Waals surface area contributed by atoms with Crippen LogP contribution in [0.2, 0.25) is 0 Å². The maximum atomic E-state index is 12.4. The van der Waals surface area contributed by atoms with E-state index in [4.69, 9.17) is 4.42 Å². The fraction of sp³-hybridized carbons (Fsp3) is 0.421. The van der Waals surface area contributed by atoms with Crippen molar-refractivity contribution >= 4 is 17.7 Å². The average Bonchev–Trinajstić information content (AvgIpc) is 2.99. The third-order valence-electron chi connectivity index (χ3n) is 3.67. The number of nitrogens with one attached hydrogen (secondary N) is 1. The van der Waals surface area contributed by atoms with Crippen LogP contribution in [0.25, 0.3) is 0 Å². The molecule has 4 nitrogen and oxygen atoms in total. The van der Waals surface area contributed by atoms with E-state index in [-0.39, 0.29) is 11.3 Å². The molecule has 5 heteroatoms. The Hall–Kier alpha value is -1.72. The number of thioether (sulfide) groups is 1. The molecule has 0 fully saturated rings. The number of carbonyl (C=O) groups is 1. The molecule has 0 spiro atoms. The van der Waals surface area contributed by atoms with Crippen molar-refractivity contribution in [2.75, 3.05) is 6.54 Å². The van der Waals surface area contributed by atoms with E-state index < -0.39 is 6.10 Å². The Morgan fingerprint density at radius 3 is 2.67 bits per heavy atom. The summed E-state index contributed by atoms with van der Waals surface area (Å²) in [5.41, 5.74) is 0.713. The molecule has 1 aromatic heterocycles. The van der Waals surface area contributed by atoms with Crippen LogP contribution in [0.15, 0.2) is 52.0 Å². The third kappa shape index (κ3) is 5.73. The zero-order valence-electron chi connectivity index (χ0n) is 14.4. The first-order valence-electron chi connectivity index (χ1n) is 8.08. The molecule has 1 unspecified atom stereocenters. The highest BCUT2D eigenvalue weighted by molar-refractivity contribution is 7.98. The molecule has 2 N–H and O–H groups in total. The summed E-state index contributed by atoms with van der Waals surface area (Å²) in [5, 5.41) is 12.4. The highest BCUT2D eigenvalue weighted by Crippen LogP contribution is 2.25. The first-order valence-corrected chi connectivity index (χ1v) is 9.06. The summed E-state index contributed by atoms with van der Waals surface area (Å²) in [6, 6.07) is 11.9. The second-order valence-electron chi connectivity index (χ2n) is 6.78. The second-order valence-corrected chi connectivity index (χ2v) is 7.83. The predicted octanol–water partition coefficient (Wildman–Crippen LogP) is 4.10. The minimum Gasteiger partial charge on any atom is -0.459 e. The van der Waals surface area contributed by atoms with Gasteiger partial charge in [0.05, 0.1) is 12.4 Å². The number of aliphatic hydroxyl groups excluding tert-OH is 1. The number of furan rings is 1. The molecule has 1 atom stereocenters. The molecule has 1 amide bonds. The lowest BCUT2D eigenvalue weighted by atomic mass is 9.87. The number of rotatable bonds is 8.